The van der Waals surface area contributed by atoms with Gasteiger partial charge in [0.25, 0.3) is 10.0 Å². The summed E-state index contributed by atoms with van der Waals surface area (Å²) in [7, 11) is -3.64. The van der Waals surface area contributed by atoms with Crippen molar-refractivity contribution in [2.75, 3.05) is 16.7 Å². The van der Waals surface area contributed by atoms with Gasteiger partial charge in [-0.15, -0.1) is 11.8 Å². The Hall–Kier alpha value is -1.66. The first-order valence-electron chi connectivity index (χ1n) is 6.51. The molecule has 0 heterocycles. The van der Waals surface area contributed by atoms with Crippen LogP contribution in [0.1, 0.15) is 12.5 Å². The van der Waals surface area contributed by atoms with Gasteiger partial charge in [-0.1, -0.05) is 19.1 Å². The Morgan fingerprint density at radius 1 is 1.19 bits per heavy atom. The molecule has 0 unspecified atom stereocenters. The van der Waals surface area contributed by atoms with Gasteiger partial charge in [0.05, 0.1) is 4.90 Å². The first kappa shape index (κ1) is 15.7. The zero-order valence-corrected chi connectivity index (χ0v) is 13.6. The minimum absolute atomic E-state index is 0.236. The summed E-state index contributed by atoms with van der Waals surface area (Å²) in [5, 5.41) is 0. The first-order chi connectivity index (χ1) is 9.96. The fourth-order valence-corrected chi connectivity index (χ4v) is 3.87. The molecule has 0 amide bonds. The van der Waals surface area contributed by atoms with Gasteiger partial charge in [-0.25, -0.2) is 8.42 Å². The molecule has 0 radical (unpaired) electrons. The summed E-state index contributed by atoms with van der Waals surface area (Å²) in [6, 6.07) is 12.3. The Labute approximate surface area is 129 Å². The van der Waals surface area contributed by atoms with Crippen LogP contribution in [0.15, 0.2) is 52.3 Å². The summed E-state index contributed by atoms with van der Waals surface area (Å²) in [6.45, 7) is 1.92. The summed E-state index contributed by atoms with van der Waals surface area (Å²) in [4.78, 5) is 1.23. The summed E-state index contributed by atoms with van der Waals surface area (Å²) in [5.41, 5.74) is 7.45. The highest BCUT2D eigenvalue weighted by atomic mass is 32.2. The molecule has 21 heavy (non-hydrogen) atoms. The first-order valence-corrected chi connectivity index (χ1v) is 9.22. The fourth-order valence-electron chi connectivity index (χ4n) is 2.01. The second kappa shape index (κ2) is 6.41. The van der Waals surface area contributed by atoms with Crippen LogP contribution in [0.25, 0.3) is 0 Å². The summed E-state index contributed by atoms with van der Waals surface area (Å²) in [6.07, 6.45) is 2.57. The van der Waals surface area contributed by atoms with Crippen LogP contribution in [0.2, 0.25) is 0 Å². The molecule has 2 rings (SSSR count). The number of anilines is 2. The predicted molar refractivity (Wildman–Crippen MR) is 89.3 cm³/mol. The smallest absolute Gasteiger partial charge is 0.262 e. The fraction of sp³-hybridized carbons (Fsp3) is 0.200. The van der Waals surface area contributed by atoms with Crippen LogP contribution < -0.4 is 10.5 Å². The maximum atomic E-state index is 12.6. The van der Waals surface area contributed by atoms with E-state index in [-0.39, 0.29) is 4.90 Å². The molecule has 0 aromatic heterocycles. The highest BCUT2D eigenvalue weighted by Crippen LogP contribution is 2.25. The number of thioether (sulfide) groups is 1. The lowest BCUT2D eigenvalue weighted by Crippen LogP contribution is -2.15. The molecule has 0 saturated carbocycles. The van der Waals surface area contributed by atoms with E-state index < -0.39 is 10.0 Å². The molecule has 0 aliphatic rings. The van der Waals surface area contributed by atoms with Gasteiger partial charge in [0.2, 0.25) is 0 Å². The van der Waals surface area contributed by atoms with E-state index in [2.05, 4.69) is 4.72 Å². The van der Waals surface area contributed by atoms with Crippen LogP contribution in [0.5, 0.6) is 0 Å². The largest absolute Gasteiger partial charge is 0.399 e. The highest BCUT2D eigenvalue weighted by Gasteiger charge is 2.18. The number of nitrogens with one attached hydrogen (secondary N) is 1. The van der Waals surface area contributed by atoms with E-state index in [1.807, 2.05) is 25.3 Å². The Morgan fingerprint density at radius 2 is 1.95 bits per heavy atom. The number of sulfonamides is 1. The maximum Gasteiger partial charge on any atom is 0.262 e. The lowest BCUT2D eigenvalue weighted by Gasteiger charge is -2.12. The Balaban J connectivity index is 2.40. The summed E-state index contributed by atoms with van der Waals surface area (Å²) in [5.74, 6) is 0. The number of nitrogens with two attached hydrogens (primary N) is 1. The second-order valence-electron chi connectivity index (χ2n) is 4.56. The third kappa shape index (κ3) is 3.71. The predicted octanol–water partition coefficient (Wildman–Crippen LogP) is 3.35. The Morgan fingerprint density at radius 3 is 2.62 bits per heavy atom. The number of aryl methyl sites for hydroxylation is 1. The van der Waals surface area contributed by atoms with E-state index in [0.29, 0.717) is 17.8 Å². The molecule has 6 heteroatoms. The number of benzene rings is 2. The monoisotopic (exact) mass is 322 g/mol. The minimum Gasteiger partial charge on any atom is -0.399 e. The lowest BCUT2D eigenvalue weighted by atomic mass is 10.1. The van der Waals surface area contributed by atoms with Crippen LogP contribution >= 0.6 is 11.8 Å². The van der Waals surface area contributed by atoms with Crippen molar-refractivity contribution >= 4 is 33.2 Å². The third-order valence-electron chi connectivity index (χ3n) is 3.08. The van der Waals surface area contributed by atoms with Crippen LogP contribution in [0, 0.1) is 0 Å². The molecule has 0 spiro atoms. The quantitative estimate of drug-likeness (QED) is 0.654. The third-order valence-corrected chi connectivity index (χ3v) is 5.27. The van der Waals surface area contributed by atoms with Gasteiger partial charge < -0.3 is 5.73 Å². The van der Waals surface area contributed by atoms with Crippen LogP contribution in [0.3, 0.4) is 0 Å². The van der Waals surface area contributed by atoms with Crippen molar-refractivity contribution < 1.29 is 8.42 Å². The zero-order valence-electron chi connectivity index (χ0n) is 12.0. The van der Waals surface area contributed by atoms with Crippen molar-refractivity contribution in [1.29, 1.82) is 0 Å². The van der Waals surface area contributed by atoms with Gasteiger partial charge in [0.1, 0.15) is 0 Å². The average Bonchev–Trinajstić information content (AvgIpc) is 2.47. The van der Waals surface area contributed by atoms with E-state index in [1.54, 1.807) is 36.0 Å². The summed E-state index contributed by atoms with van der Waals surface area (Å²) < 4.78 is 27.7. The van der Waals surface area contributed by atoms with Crippen molar-refractivity contribution in [2.45, 2.75) is 23.1 Å². The molecular formula is C15H18N2O2S2. The number of hydrogen-bond donors (Lipinski definition) is 2. The molecule has 3 N–H and O–H groups in total. The molecule has 112 valence electrons. The number of nitrogen functional groups attached to an aromatic ring is 1. The Kier molecular flexibility index (Phi) is 4.80. The second-order valence-corrected chi connectivity index (χ2v) is 7.09. The lowest BCUT2D eigenvalue weighted by molar-refractivity contribution is 0.600. The normalized spacial score (nSPS) is 11.3. The van der Waals surface area contributed by atoms with Gasteiger partial charge in [0.15, 0.2) is 0 Å². The summed E-state index contributed by atoms with van der Waals surface area (Å²) >= 11 is 1.56. The molecular weight excluding hydrogens is 304 g/mol. The van der Waals surface area contributed by atoms with E-state index in [9.17, 15) is 8.42 Å². The van der Waals surface area contributed by atoms with Crippen molar-refractivity contribution in [3.63, 3.8) is 0 Å². The standard InChI is InChI=1S/C15H18N2O2S2/c1-3-11-7-8-12(16)9-15(11)21(18,19)17-13-5-4-6-14(10-13)20-2/h4-10,17H,3,16H2,1-2H3. The van der Waals surface area contributed by atoms with Gasteiger partial charge in [-0.2, -0.15) is 0 Å². The van der Waals surface area contributed by atoms with Crippen molar-refractivity contribution in [3.8, 4) is 0 Å². The molecule has 0 aliphatic carbocycles. The number of rotatable bonds is 5. The molecule has 0 bridgehead atoms. The van der Waals surface area contributed by atoms with Gasteiger partial charge in [-0.3, -0.25) is 4.72 Å². The zero-order chi connectivity index (χ0) is 15.5. The van der Waals surface area contributed by atoms with E-state index in [4.69, 9.17) is 5.73 Å². The van der Waals surface area contributed by atoms with Gasteiger partial charge in [-0.05, 0) is 48.6 Å². The molecule has 0 fully saturated rings. The van der Waals surface area contributed by atoms with Gasteiger partial charge >= 0.3 is 0 Å². The molecule has 0 saturated heterocycles. The molecule has 2 aromatic rings. The topological polar surface area (TPSA) is 72.2 Å². The van der Waals surface area contributed by atoms with Crippen LogP contribution in [-0.2, 0) is 16.4 Å². The molecule has 4 nitrogen and oxygen atoms in total. The van der Waals surface area contributed by atoms with Crippen molar-refractivity contribution in [2.24, 2.45) is 0 Å². The van der Waals surface area contributed by atoms with Crippen molar-refractivity contribution in [3.05, 3.63) is 48.0 Å². The highest BCUT2D eigenvalue weighted by molar-refractivity contribution is 7.98. The average molecular weight is 322 g/mol. The van der Waals surface area contributed by atoms with E-state index in [1.165, 1.54) is 6.07 Å². The Bertz CT molecular complexity index is 743. The van der Waals surface area contributed by atoms with Crippen LogP contribution in [0.4, 0.5) is 11.4 Å². The van der Waals surface area contributed by atoms with Crippen molar-refractivity contribution in [1.82, 2.24) is 0 Å². The molecule has 0 aliphatic heterocycles. The maximum absolute atomic E-state index is 12.6. The number of hydrogen-bond acceptors (Lipinski definition) is 4. The minimum atomic E-state index is -3.64. The van der Waals surface area contributed by atoms with Crippen LogP contribution in [-0.4, -0.2) is 14.7 Å². The van der Waals surface area contributed by atoms with E-state index >= 15 is 0 Å². The SMILES string of the molecule is CCc1ccc(N)cc1S(=O)(=O)Nc1cccc(SC)c1. The molecule has 2 aromatic carbocycles. The van der Waals surface area contributed by atoms with Gasteiger partial charge in [0, 0.05) is 16.3 Å². The molecule has 0 atom stereocenters. The van der Waals surface area contributed by atoms with E-state index in [0.717, 1.165) is 10.5 Å².